The SMILES string of the molecule is B.F[B-](F)(F)F.F[B-](F)(F)F.[PbH2]. The fourth-order valence-corrected chi connectivity index (χ4v) is 0. The summed E-state index contributed by atoms with van der Waals surface area (Å²) < 4.78 is 78.0. The van der Waals surface area contributed by atoms with Crippen molar-refractivity contribution in [2.75, 3.05) is 0 Å². The number of hydrogen-bond donors (Lipinski definition) is 0. The summed E-state index contributed by atoms with van der Waals surface area (Å²) >= 11 is 0. The molecule has 0 aliphatic rings. The van der Waals surface area contributed by atoms with Crippen LogP contribution in [0.2, 0.25) is 0 Å². The summed E-state index contributed by atoms with van der Waals surface area (Å²) in [4.78, 5) is 0. The van der Waals surface area contributed by atoms with E-state index in [1.165, 1.54) is 0 Å². The van der Waals surface area contributed by atoms with E-state index in [-0.39, 0.29) is 35.7 Å². The van der Waals surface area contributed by atoms with Gasteiger partial charge < -0.3 is 34.5 Å². The quantitative estimate of drug-likeness (QED) is 0.413. The molecule has 0 aliphatic carbocycles. The average molecular weight is 397 g/mol. The van der Waals surface area contributed by atoms with Gasteiger partial charge in [0.2, 0.25) is 0 Å². The zero-order valence-electron chi connectivity index (χ0n) is 4.89. The third-order valence-corrected chi connectivity index (χ3v) is 0. The molecular weight excluding hydrogens is 392 g/mol. The van der Waals surface area contributed by atoms with E-state index < -0.39 is 14.5 Å². The molecule has 12 heavy (non-hydrogen) atoms. The van der Waals surface area contributed by atoms with Crippen LogP contribution >= 0.6 is 0 Å². The van der Waals surface area contributed by atoms with Crippen molar-refractivity contribution in [3.63, 3.8) is 0 Å². The van der Waals surface area contributed by atoms with Crippen LogP contribution in [0.15, 0.2) is 0 Å². The normalized spacial score (nSPS) is 10.0. The van der Waals surface area contributed by atoms with Gasteiger partial charge in [-0.25, -0.2) is 0 Å². The standard InChI is InChI=1S/2BF4.BH3.Pb.2H/c2*2-1(3,4)5;;;;/h;;1H3;;;/q2*-1;;;;. The van der Waals surface area contributed by atoms with E-state index in [1.807, 2.05) is 0 Å². The summed E-state index contributed by atoms with van der Waals surface area (Å²) in [5.41, 5.74) is 0. The Morgan fingerprint density at radius 1 is 0.500 bits per heavy atom. The number of halogens is 8. The molecule has 0 heterocycles. The van der Waals surface area contributed by atoms with Crippen LogP contribution in [0.1, 0.15) is 0 Å². The van der Waals surface area contributed by atoms with E-state index in [0.29, 0.717) is 0 Å². The van der Waals surface area contributed by atoms with Gasteiger partial charge in [-0.1, -0.05) is 0 Å². The van der Waals surface area contributed by atoms with Gasteiger partial charge in [-0.3, -0.25) is 0 Å². The van der Waals surface area contributed by atoms with Crippen LogP contribution < -0.4 is 0 Å². The number of rotatable bonds is 0. The summed E-state index contributed by atoms with van der Waals surface area (Å²) in [5.74, 6) is 0. The van der Waals surface area contributed by atoms with Crippen molar-refractivity contribution < 1.29 is 34.5 Å². The first-order chi connectivity index (χ1) is 4.00. The molecule has 0 spiro atoms. The Morgan fingerprint density at radius 2 is 0.500 bits per heavy atom. The van der Waals surface area contributed by atoms with Gasteiger partial charge in [0.15, 0.2) is 0 Å². The molecular formula is H5B3F8Pb-2. The first-order valence-corrected chi connectivity index (χ1v) is 1.75. The van der Waals surface area contributed by atoms with Gasteiger partial charge in [0.1, 0.15) is 0 Å². The minimum atomic E-state index is -6.00. The Balaban J connectivity index is -0.0000000457. The third-order valence-electron chi connectivity index (χ3n) is 0. The van der Waals surface area contributed by atoms with Gasteiger partial charge in [-0.2, -0.15) is 0 Å². The average Bonchev–Trinajstić information content (AvgIpc) is 1.12. The van der Waals surface area contributed by atoms with E-state index >= 15 is 0 Å². The van der Waals surface area contributed by atoms with Crippen molar-refractivity contribution in [2.24, 2.45) is 0 Å². The second-order valence-electron chi connectivity index (χ2n) is 0.990. The molecule has 2 radical (unpaired) electrons. The van der Waals surface area contributed by atoms with Gasteiger partial charge in [0.05, 0.1) is 8.41 Å². The van der Waals surface area contributed by atoms with Crippen molar-refractivity contribution in [3.8, 4) is 0 Å². The maximum absolute atomic E-state index is 9.75. The first-order valence-electron chi connectivity index (χ1n) is 1.75. The van der Waals surface area contributed by atoms with E-state index in [2.05, 4.69) is 0 Å². The van der Waals surface area contributed by atoms with Crippen LogP contribution in [0.3, 0.4) is 0 Å². The topological polar surface area (TPSA) is 0 Å². The van der Waals surface area contributed by atoms with Crippen molar-refractivity contribution >= 4 is 50.2 Å². The van der Waals surface area contributed by atoms with Crippen molar-refractivity contribution in [1.82, 2.24) is 0 Å². The summed E-state index contributed by atoms with van der Waals surface area (Å²) in [6.45, 7) is 0. The monoisotopic (exact) mass is 398 g/mol. The van der Waals surface area contributed by atoms with Crippen LogP contribution in [0.5, 0.6) is 0 Å². The Hall–Kier alpha value is 0.557. The van der Waals surface area contributed by atoms with Gasteiger partial charge in [0.25, 0.3) is 0 Å². The molecule has 0 atom stereocenters. The molecule has 0 amide bonds. The Kier molecular flexibility index (Phi) is 15.6. The minimum absolute atomic E-state index is 0. The second kappa shape index (κ2) is 8.17. The Labute approximate surface area is 85.0 Å². The molecule has 0 N–H and O–H groups in total. The maximum atomic E-state index is 9.75. The van der Waals surface area contributed by atoms with E-state index in [0.717, 1.165) is 0 Å². The van der Waals surface area contributed by atoms with Gasteiger partial charge >= 0.3 is 41.8 Å². The van der Waals surface area contributed by atoms with Gasteiger partial charge in [-0.15, -0.1) is 0 Å². The van der Waals surface area contributed by atoms with E-state index in [4.69, 9.17) is 0 Å². The predicted molar refractivity (Wildman–Crippen MR) is 38.9 cm³/mol. The Bertz CT molecular complexity index is 57.3. The molecule has 0 bridgehead atoms. The van der Waals surface area contributed by atoms with Crippen LogP contribution in [0.4, 0.5) is 34.5 Å². The zero-order chi connectivity index (χ0) is 9.00. The van der Waals surface area contributed by atoms with Gasteiger partial charge in [0, 0.05) is 0 Å². The zero-order valence-corrected chi connectivity index (χ0v) is 10.4. The summed E-state index contributed by atoms with van der Waals surface area (Å²) in [7, 11) is -12.0. The Morgan fingerprint density at radius 3 is 0.500 bits per heavy atom. The summed E-state index contributed by atoms with van der Waals surface area (Å²) in [6.07, 6.45) is 0. The third kappa shape index (κ3) is 3110. The number of hydrogen-bond acceptors (Lipinski definition) is 0. The fourth-order valence-electron chi connectivity index (χ4n) is 0. The molecule has 0 rings (SSSR count). The molecule has 12 heteroatoms. The molecule has 0 aliphatic heterocycles. The van der Waals surface area contributed by atoms with Crippen molar-refractivity contribution in [3.05, 3.63) is 0 Å². The molecule has 0 saturated heterocycles. The first kappa shape index (κ1) is 22.9. The summed E-state index contributed by atoms with van der Waals surface area (Å²) in [6, 6.07) is 0. The molecule has 0 unspecified atom stereocenters. The fraction of sp³-hybridized carbons (Fsp3) is 0. The molecule has 0 aromatic carbocycles. The van der Waals surface area contributed by atoms with Crippen LogP contribution in [-0.4, -0.2) is 50.2 Å². The molecule has 0 aromatic heterocycles. The molecule has 0 aromatic rings. The summed E-state index contributed by atoms with van der Waals surface area (Å²) in [5, 5.41) is 0. The van der Waals surface area contributed by atoms with E-state index in [9.17, 15) is 34.5 Å². The van der Waals surface area contributed by atoms with E-state index in [1.54, 1.807) is 0 Å². The predicted octanol–water partition coefficient (Wildman–Crippen LogP) is 0.500. The van der Waals surface area contributed by atoms with Crippen molar-refractivity contribution in [2.45, 2.75) is 0 Å². The van der Waals surface area contributed by atoms with Crippen LogP contribution in [0, 0.1) is 0 Å². The molecule has 0 fully saturated rings. The molecule has 0 nitrogen and oxygen atoms in total. The van der Waals surface area contributed by atoms with Crippen LogP contribution in [-0.2, 0) is 0 Å². The van der Waals surface area contributed by atoms with Gasteiger partial charge in [-0.05, 0) is 0 Å². The molecule has 76 valence electrons. The molecule has 0 saturated carbocycles. The second-order valence-corrected chi connectivity index (χ2v) is 0.990. The van der Waals surface area contributed by atoms with Crippen molar-refractivity contribution in [1.29, 1.82) is 0 Å². The van der Waals surface area contributed by atoms with Crippen LogP contribution in [0.25, 0.3) is 0 Å².